The van der Waals surface area contributed by atoms with Crippen molar-refractivity contribution in [3.63, 3.8) is 0 Å². The second kappa shape index (κ2) is 3.50. The van der Waals surface area contributed by atoms with Gasteiger partial charge < -0.3 is 16.0 Å². The van der Waals surface area contributed by atoms with Gasteiger partial charge in [0.25, 0.3) is 0 Å². The van der Waals surface area contributed by atoms with Crippen LogP contribution in [0.1, 0.15) is 5.56 Å². The van der Waals surface area contributed by atoms with E-state index in [1.165, 1.54) is 5.56 Å². The number of benzene rings is 1. The summed E-state index contributed by atoms with van der Waals surface area (Å²) in [5.74, 6) is 0. The van der Waals surface area contributed by atoms with Crippen molar-refractivity contribution >= 4 is 11.4 Å². The van der Waals surface area contributed by atoms with Gasteiger partial charge in [-0.05, 0) is 25.6 Å². The first-order valence-corrected chi connectivity index (χ1v) is 4.97. The molecular weight excluding hydrogens is 174 g/mol. The Morgan fingerprint density at radius 2 is 2.14 bits per heavy atom. The highest BCUT2D eigenvalue weighted by atomic mass is 15.2. The fourth-order valence-electron chi connectivity index (χ4n) is 1.88. The molecule has 2 rings (SSSR count). The topological polar surface area (TPSA) is 41.3 Å². The molecule has 0 amide bonds. The van der Waals surface area contributed by atoms with Crippen LogP contribution in [0.25, 0.3) is 0 Å². The van der Waals surface area contributed by atoms with Gasteiger partial charge in [0.2, 0.25) is 0 Å². The molecule has 1 aliphatic heterocycles. The zero-order valence-corrected chi connectivity index (χ0v) is 8.75. The lowest BCUT2D eigenvalue weighted by Crippen LogP contribution is -2.52. The Hall–Kier alpha value is -1.22. The Labute approximate surface area is 84.9 Å². The Morgan fingerprint density at radius 1 is 1.43 bits per heavy atom. The third-order valence-corrected chi connectivity index (χ3v) is 2.72. The molecule has 1 heterocycles. The molecule has 0 bridgehead atoms. The summed E-state index contributed by atoms with van der Waals surface area (Å²) in [4.78, 5) is 2.28. The second-order valence-electron chi connectivity index (χ2n) is 4.10. The average molecular weight is 191 g/mol. The SMILES string of the molecule is Cc1cccc(N)c1NC1CN(C)C1. The monoisotopic (exact) mass is 191 g/mol. The predicted octanol–water partition coefficient (Wildman–Crippen LogP) is 1.30. The van der Waals surface area contributed by atoms with Crippen molar-refractivity contribution in [3.8, 4) is 0 Å². The molecule has 1 aromatic rings. The minimum absolute atomic E-state index is 0.559. The maximum Gasteiger partial charge on any atom is 0.0606 e. The lowest BCUT2D eigenvalue weighted by Gasteiger charge is -2.37. The Kier molecular flexibility index (Phi) is 2.33. The zero-order chi connectivity index (χ0) is 10.1. The maximum atomic E-state index is 5.91. The van der Waals surface area contributed by atoms with Gasteiger partial charge >= 0.3 is 0 Å². The van der Waals surface area contributed by atoms with Gasteiger partial charge in [0, 0.05) is 13.1 Å². The molecule has 0 saturated carbocycles. The molecule has 0 spiro atoms. The quantitative estimate of drug-likeness (QED) is 0.692. The second-order valence-corrected chi connectivity index (χ2v) is 4.10. The molecule has 3 heteroatoms. The van der Waals surface area contributed by atoms with E-state index in [1.54, 1.807) is 0 Å². The molecule has 76 valence electrons. The maximum absolute atomic E-state index is 5.91. The van der Waals surface area contributed by atoms with E-state index in [0.29, 0.717) is 6.04 Å². The van der Waals surface area contributed by atoms with E-state index in [1.807, 2.05) is 12.1 Å². The number of likely N-dealkylation sites (tertiary alicyclic amines) is 1. The van der Waals surface area contributed by atoms with Crippen LogP contribution in [-0.2, 0) is 0 Å². The highest BCUT2D eigenvalue weighted by Gasteiger charge is 2.23. The summed E-state index contributed by atoms with van der Waals surface area (Å²) in [6.45, 7) is 4.29. The molecular formula is C11H17N3. The zero-order valence-electron chi connectivity index (χ0n) is 8.75. The minimum atomic E-state index is 0.559. The van der Waals surface area contributed by atoms with Gasteiger partial charge in [-0.25, -0.2) is 0 Å². The van der Waals surface area contributed by atoms with Gasteiger partial charge in [0.05, 0.1) is 17.4 Å². The first-order valence-electron chi connectivity index (χ1n) is 4.97. The van der Waals surface area contributed by atoms with Crippen LogP contribution in [0, 0.1) is 6.92 Å². The number of nitrogen functional groups attached to an aromatic ring is 1. The summed E-state index contributed by atoms with van der Waals surface area (Å²) >= 11 is 0. The van der Waals surface area contributed by atoms with Crippen molar-refractivity contribution in [1.29, 1.82) is 0 Å². The molecule has 0 aliphatic carbocycles. The van der Waals surface area contributed by atoms with E-state index in [0.717, 1.165) is 24.5 Å². The summed E-state index contributed by atoms with van der Waals surface area (Å²) < 4.78 is 0. The summed E-state index contributed by atoms with van der Waals surface area (Å²) in [7, 11) is 2.12. The Balaban J connectivity index is 2.09. The third-order valence-electron chi connectivity index (χ3n) is 2.72. The molecule has 1 saturated heterocycles. The van der Waals surface area contributed by atoms with Crippen LogP contribution >= 0.6 is 0 Å². The number of rotatable bonds is 2. The van der Waals surface area contributed by atoms with E-state index < -0.39 is 0 Å². The summed E-state index contributed by atoms with van der Waals surface area (Å²) in [6, 6.07) is 6.57. The fraction of sp³-hybridized carbons (Fsp3) is 0.455. The number of nitrogens with one attached hydrogen (secondary N) is 1. The highest BCUT2D eigenvalue weighted by molar-refractivity contribution is 5.70. The molecule has 14 heavy (non-hydrogen) atoms. The number of nitrogens with zero attached hydrogens (tertiary/aromatic N) is 1. The summed E-state index contributed by atoms with van der Waals surface area (Å²) in [5.41, 5.74) is 9.08. The first-order chi connectivity index (χ1) is 6.66. The standard InChI is InChI=1S/C11H17N3/c1-8-4-3-5-10(12)11(8)13-9-6-14(2)7-9/h3-5,9,13H,6-7,12H2,1-2H3. The number of nitrogens with two attached hydrogens (primary N) is 1. The van der Waals surface area contributed by atoms with Crippen LogP contribution in [0.2, 0.25) is 0 Å². The number of hydrogen-bond donors (Lipinski definition) is 2. The van der Waals surface area contributed by atoms with Crippen LogP contribution in [-0.4, -0.2) is 31.1 Å². The number of aryl methyl sites for hydroxylation is 1. The highest BCUT2D eigenvalue weighted by Crippen LogP contribution is 2.24. The van der Waals surface area contributed by atoms with Crippen molar-refractivity contribution in [2.75, 3.05) is 31.2 Å². The van der Waals surface area contributed by atoms with Crippen molar-refractivity contribution in [2.45, 2.75) is 13.0 Å². The molecule has 3 N–H and O–H groups in total. The van der Waals surface area contributed by atoms with Gasteiger partial charge in [-0.3, -0.25) is 0 Å². The first kappa shape index (κ1) is 9.34. The molecule has 1 aliphatic rings. The Morgan fingerprint density at radius 3 is 2.71 bits per heavy atom. The van der Waals surface area contributed by atoms with Crippen LogP contribution in [0.3, 0.4) is 0 Å². The number of anilines is 2. The minimum Gasteiger partial charge on any atom is -0.397 e. The third kappa shape index (κ3) is 1.68. The largest absolute Gasteiger partial charge is 0.397 e. The van der Waals surface area contributed by atoms with Crippen molar-refractivity contribution in [1.82, 2.24) is 4.90 Å². The van der Waals surface area contributed by atoms with E-state index >= 15 is 0 Å². The van der Waals surface area contributed by atoms with Crippen LogP contribution < -0.4 is 11.1 Å². The summed E-state index contributed by atoms with van der Waals surface area (Å²) in [5, 5.41) is 3.48. The molecule has 1 fully saturated rings. The number of para-hydroxylation sites is 1. The lowest BCUT2D eigenvalue weighted by molar-refractivity contribution is 0.205. The molecule has 3 nitrogen and oxygen atoms in total. The Bertz CT molecular complexity index is 309. The van der Waals surface area contributed by atoms with E-state index in [2.05, 4.69) is 30.3 Å². The molecule has 1 aromatic carbocycles. The predicted molar refractivity (Wildman–Crippen MR) is 60.5 cm³/mol. The van der Waals surface area contributed by atoms with Crippen molar-refractivity contribution in [3.05, 3.63) is 23.8 Å². The molecule has 0 atom stereocenters. The normalized spacial score (nSPS) is 17.9. The fourth-order valence-corrected chi connectivity index (χ4v) is 1.88. The van der Waals surface area contributed by atoms with Gasteiger partial charge in [-0.2, -0.15) is 0 Å². The van der Waals surface area contributed by atoms with Gasteiger partial charge in [-0.1, -0.05) is 12.1 Å². The van der Waals surface area contributed by atoms with Crippen LogP contribution in [0.5, 0.6) is 0 Å². The van der Waals surface area contributed by atoms with Gasteiger partial charge in [0.1, 0.15) is 0 Å². The van der Waals surface area contributed by atoms with Crippen molar-refractivity contribution in [2.24, 2.45) is 0 Å². The van der Waals surface area contributed by atoms with Crippen LogP contribution in [0.15, 0.2) is 18.2 Å². The average Bonchev–Trinajstić information content (AvgIpc) is 2.08. The van der Waals surface area contributed by atoms with Crippen molar-refractivity contribution < 1.29 is 0 Å². The molecule has 0 radical (unpaired) electrons. The lowest BCUT2D eigenvalue weighted by atomic mass is 10.1. The number of likely N-dealkylation sites (N-methyl/N-ethyl adjacent to an activating group) is 1. The smallest absolute Gasteiger partial charge is 0.0606 e. The molecule has 0 aromatic heterocycles. The van der Waals surface area contributed by atoms with Crippen LogP contribution in [0.4, 0.5) is 11.4 Å². The van der Waals surface area contributed by atoms with E-state index in [-0.39, 0.29) is 0 Å². The van der Waals surface area contributed by atoms with E-state index in [4.69, 9.17) is 5.73 Å². The van der Waals surface area contributed by atoms with Gasteiger partial charge in [0.15, 0.2) is 0 Å². The number of hydrogen-bond acceptors (Lipinski definition) is 3. The van der Waals surface area contributed by atoms with Gasteiger partial charge in [-0.15, -0.1) is 0 Å². The van der Waals surface area contributed by atoms with E-state index in [9.17, 15) is 0 Å². The summed E-state index contributed by atoms with van der Waals surface area (Å²) in [6.07, 6.45) is 0. The molecule has 0 unspecified atom stereocenters.